The van der Waals surface area contributed by atoms with Crippen LogP contribution in [0, 0.1) is 13.8 Å². The summed E-state index contributed by atoms with van der Waals surface area (Å²) in [6.07, 6.45) is 0. The average molecular weight is 242 g/mol. The van der Waals surface area contributed by atoms with Crippen molar-refractivity contribution < 1.29 is 4.74 Å². The van der Waals surface area contributed by atoms with Crippen molar-refractivity contribution in [2.45, 2.75) is 20.5 Å². The van der Waals surface area contributed by atoms with E-state index in [0.29, 0.717) is 12.5 Å². The third kappa shape index (κ3) is 2.80. The molecule has 0 radical (unpaired) electrons. The number of hydrogen-bond donors (Lipinski definition) is 1. The van der Waals surface area contributed by atoms with Gasteiger partial charge in [0.1, 0.15) is 6.61 Å². The Bertz CT molecular complexity index is 538. The lowest BCUT2D eigenvalue weighted by molar-refractivity contribution is 0.293. The van der Waals surface area contributed by atoms with E-state index in [2.05, 4.69) is 29.4 Å². The van der Waals surface area contributed by atoms with Crippen LogP contribution in [-0.2, 0) is 6.61 Å². The fourth-order valence-electron chi connectivity index (χ4n) is 1.87. The molecule has 1 N–H and O–H groups in total. The summed E-state index contributed by atoms with van der Waals surface area (Å²) >= 11 is 0. The Hall–Kier alpha value is -2.03. The molecule has 2 rings (SSSR count). The number of hydrogen-bond acceptors (Lipinski definition) is 3. The number of benzene rings is 1. The number of nitrogens with zero attached hydrogens (tertiary/aromatic N) is 1. The Morgan fingerprint density at radius 1 is 1.11 bits per heavy atom. The molecule has 1 aromatic heterocycles. The molecule has 0 aliphatic heterocycles. The molecular formula is C15H18N2O. The number of anilines is 1. The minimum absolute atomic E-state index is 0.527. The Balaban J connectivity index is 2.15. The summed E-state index contributed by atoms with van der Waals surface area (Å²) in [5, 5.41) is 3.18. The van der Waals surface area contributed by atoms with Crippen molar-refractivity contribution in [2.75, 3.05) is 12.4 Å². The number of nitrogens with one attached hydrogen (secondary N) is 1. The molecule has 0 unspecified atom stereocenters. The molecule has 0 bridgehead atoms. The van der Waals surface area contributed by atoms with E-state index in [1.54, 1.807) is 0 Å². The van der Waals surface area contributed by atoms with Gasteiger partial charge in [0.15, 0.2) is 0 Å². The highest BCUT2D eigenvalue weighted by atomic mass is 16.5. The molecule has 94 valence electrons. The Morgan fingerprint density at radius 3 is 2.61 bits per heavy atom. The third-order valence-electron chi connectivity index (χ3n) is 2.91. The predicted molar refractivity (Wildman–Crippen MR) is 74.0 cm³/mol. The number of aryl methyl sites for hydroxylation is 2. The van der Waals surface area contributed by atoms with E-state index in [9.17, 15) is 0 Å². The van der Waals surface area contributed by atoms with Gasteiger partial charge in [-0.3, -0.25) is 0 Å². The Morgan fingerprint density at radius 2 is 1.89 bits per heavy atom. The molecule has 1 aromatic carbocycles. The lowest BCUT2D eigenvalue weighted by Gasteiger charge is -2.13. The van der Waals surface area contributed by atoms with E-state index in [1.165, 1.54) is 11.1 Å². The van der Waals surface area contributed by atoms with Gasteiger partial charge in [0, 0.05) is 30.1 Å². The van der Waals surface area contributed by atoms with Crippen molar-refractivity contribution in [1.82, 2.24) is 4.98 Å². The average Bonchev–Trinajstić information content (AvgIpc) is 2.37. The van der Waals surface area contributed by atoms with Gasteiger partial charge in [0.05, 0.1) is 0 Å². The van der Waals surface area contributed by atoms with Crippen LogP contribution in [0.5, 0.6) is 5.88 Å². The molecule has 1 heterocycles. The van der Waals surface area contributed by atoms with E-state index >= 15 is 0 Å². The molecule has 0 aliphatic rings. The zero-order valence-electron chi connectivity index (χ0n) is 11.0. The van der Waals surface area contributed by atoms with Crippen molar-refractivity contribution in [2.24, 2.45) is 0 Å². The molecule has 3 nitrogen and oxygen atoms in total. The lowest BCUT2D eigenvalue weighted by Crippen LogP contribution is -2.03. The van der Waals surface area contributed by atoms with Crippen LogP contribution in [0.15, 0.2) is 36.4 Å². The van der Waals surface area contributed by atoms with E-state index in [1.807, 2.05) is 38.2 Å². The topological polar surface area (TPSA) is 34.1 Å². The maximum absolute atomic E-state index is 5.75. The van der Waals surface area contributed by atoms with Crippen molar-refractivity contribution in [3.63, 3.8) is 0 Å². The maximum Gasteiger partial charge on any atom is 0.213 e. The molecule has 0 amide bonds. The lowest BCUT2D eigenvalue weighted by atomic mass is 10.1. The van der Waals surface area contributed by atoms with E-state index in [0.717, 1.165) is 11.4 Å². The fourth-order valence-corrected chi connectivity index (χ4v) is 1.87. The van der Waals surface area contributed by atoms with Crippen LogP contribution in [0.4, 0.5) is 5.69 Å². The summed E-state index contributed by atoms with van der Waals surface area (Å²) in [6.45, 7) is 4.57. The standard InChI is InChI=1S/C15H18N2O/c1-11-6-4-8-14(16-3)13(11)10-18-15-9-5-7-12(2)17-15/h4-9,16H,10H2,1-3H3. The first-order chi connectivity index (χ1) is 8.70. The molecular weight excluding hydrogens is 224 g/mol. The minimum Gasteiger partial charge on any atom is -0.473 e. The fraction of sp³-hybridized carbons (Fsp3) is 0.267. The van der Waals surface area contributed by atoms with Gasteiger partial charge in [-0.1, -0.05) is 18.2 Å². The number of aromatic nitrogens is 1. The Labute approximate surface area is 108 Å². The first-order valence-corrected chi connectivity index (χ1v) is 6.03. The molecule has 0 spiro atoms. The second-order valence-corrected chi connectivity index (χ2v) is 4.26. The van der Waals surface area contributed by atoms with Gasteiger partial charge in [-0.15, -0.1) is 0 Å². The summed E-state index contributed by atoms with van der Waals surface area (Å²) < 4.78 is 5.75. The monoisotopic (exact) mass is 242 g/mol. The molecule has 0 atom stereocenters. The van der Waals surface area contributed by atoms with Crippen LogP contribution in [-0.4, -0.2) is 12.0 Å². The molecule has 0 aliphatic carbocycles. The molecule has 0 saturated heterocycles. The van der Waals surface area contributed by atoms with Crippen molar-refractivity contribution >= 4 is 5.69 Å². The minimum atomic E-state index is 0.527. The molecule has 3 heteroatoms. The molecule has 0 fully saturated rings. The predicted octanol–water partition coefficient (Wildman–Crippen LogP) is 3.32. The third-order valence-corrected chi connectivity index (χ3v) is 2.91. The van der Waals surface area contributed by atoms with Gasteiger partial charge in [-0.05, 0) is 31.5 Å². The Kier molecular flexibility index (Phi) is 3.82. The van der Waals surface area contributed by atoms with Gasteiger partial charge in [0.2, 0.25) is 5.88 Å². The number of ether oxygens (including phenoxy) is 1. The van der Waals surface area contributed by atoms with Gasteiger partial charge in [0.25, 0.3) is 0 Å². The maximum atomic E-state index is 5.75. The first kappa shape index (κ1) is 12.4. The highest BCUT2D eigenvalue weighted by Crippen LogP contribution is 2.21. The SMILES string of the molecule is CNc1cccc(C)c1COc1cccc(C)n1. The highest BCUT2D eigenvalue weighted by Gasteiger charge is 2.05. The van der Waals surface area contributed by atoms with Crippen LogP contribution in [0.1, 0.15) is 16.8 Å². The van der Waals surface area contributed by atoms with Gasteiger partial charge >= 0.3 is 0 Å². The van der Waals surface area contributed by atoms with Gasteiger partial charge in [-0.25, -0.2) is 4.98 Å². The second kappa shape index (κ2) is 5.54. The number of pyridine rings is 1. The normalized spacial score (nSPS) is 10.2. The van der Waals surface area contributed by atoms with Gasteiger partial charge < -0.3 is 10.1 Å². The van der Waals surface area contributed by atoms with Crippen LogP contribution < -0.4 is 10.1 Å². The van der Waals surface area contributed by atoms with E-state index < -0.39 is 0 Å². The van der Waals surface area contributed by atoms with Crippen molar-refractivity contribution in [3.05, 3.63) is 53.2 Å². The van der Waals surface area contributed by atoms with Crippen LogP contribution in [0.3, 0.4) is 0 Å². The summed E-state index contributed by atoms with van der Waals surface area (Å²) in [5.74, 6) is 0.667. The van der Waals surface area contributed by atoms with Crippen molar-refractivity contribution in [1.29, 1.82) is 0 Å². The molecule has 2 aromatic rings. The van der Waals surface area contributed by atoms with Gasteiger partial charge in [-0.2, -0.15) is 0 Å². The molecule has 18 heavy (non-hydrogen) atoms. The van der Waals surface area contributed by atoms with Crippen molar-refractivity contribution in [3.8, 4) is 5.88 Å². The highest BCUT2D eigenvalue weighted by molar-refractivity contribution is 5.53. The van der Waals surface area contributed by atoms with E-state index in [-0.39, 0.29) is 0 Å². The summed E-state index contributed by atoms with van der Waals surface area (Å²) in [5.41, 5.74) is 4.45. The number of rotatable bonds is 4. The zero-order valence-corrected chi connectivity index (χ0v) is 11.0. The quantitative estimate of drug-likeness (QED) is 0.893. The first-order valence-electron chi connectivity index (χ1n) is 6.03. The summed E-state index contributed by atoms with van der Waals surface area (Å²) in [4.78, 5) is 4.33. The zero-order chi connectivity index (χ0) is 13.0. The van der Waals surface area contributed by atoms with Crippen LogP contribution in [0.25, 0.3) is 0 Å². The largest absolute Gasteiger partial charge is 0.473 e. The van der Waals surface area contributed by atoms with Crippen LogP contribution in [0.2, 0.25) is 0 Å². The van der Waals surface area contributed by atoms with Crippen LogP contribution >= 0.6 is 0 Å². The summed E-state index contributed by atoms with van der Waals surface area (Å²) in [6, 6.07) is 12.0. The summed E-state index contributed by atoms with van der Waals surface area (Å²) in [7, 11) is 1.92. The molecule has 0 saturated carbocycles. The second-order valence-electron chi connectivity index (χ2n) is 4.26. The van der Waals surface area contributed by atoms with E-state index in [4.69, 9.17) is 4.74 Å². The smallest absolute Gasteiger partial charge is 0.213 e.